The van der Waals surface area contributed by atoms with Crippen molar-refractivity contribution in [3.05, 3.63) is 41.1 Å². The minimum absolute atomic E-state index is 0.774. The van der Waals surface area contributed by atoms with E-state index in [1.165, 1.54) is 0 Å². The minimum Gasteiger partial charge on any atom is -0.383 e. The van der Waals surface area contributed by atoms with Crippen molar-refractivity contribution in [1.29, 1.82) is 0 Å². The van der Waals surface area contributed by atoms with Gasteiger partial charge in [-0.15, -0.1) is 0 Å². The number of hydrogen-bond donors (Lipinski definition) is 0. The van der Waals surface area contributed by atoms with Crippen molar-refractivity contribution >= 4 is 17.7 Å². The highest BCUT2D eigenvalue weighted by Crippen LogP contribution is 2.11. The molecule has 0 spiro atoms. The van der Waals surface area contributed by atoms with Crippen LogP contribution >= 0.6 is 11.6 Å². The highest BCUT2D eigenvalue weighted by Gasteiger charge is 1.87. The Morgan fingerprint density at radius 3 is 2.67 bits per heavy atom. The Kier molecular flexibility index (Phi) is 3.18. The van der Waals surface area contributed by atoms with Gasteiger partial charge in [-0.2, -0.15) is 0 Å². The van der Waals surface area contributed by atoms with Crippen LogP contribution in [0.25, 0.3) is 6.08 Å². The lowest BCUT2D eigenvalue weighted by Gasteiger charge is -2.02. The van der Waals surface area contributed by atoms with Gasteiger partial charge < -0.3 is 4.90 Å². The molecule has 1 nitrogen and oxygen atoms in total. The third kappa shape index (κ3) is 2.97. The van der Waals surface area contributed by atoms with Gasteiger partial charge in [0.15, 0.2) is 0 Å². The average molecular weight is 182 g/mol. The first-order chi connectivity index (χ1) is 5.68. The number of rotatable bonds is 2. The van der Waals surface area contributed by atoms with E-state index in [-0.39, 0.29) is 0 Å². The fraction of sp³-hybridized carbons (Fsp3) is 0.200. The molecule has 0 unspecified atom stereocenters. The van der Waals surface area contributed by atoms with Crippen LogP contribution in [0.2, 0.25) is 5.02 Å². The molecule has 0 saturated heterocycles. The zero-order chi connectivity index (χ0) is 8.97. The van der Waals surface area contributed by atoms with E-state index in [1.54, 1.807) is 0 Å². The molecule has 0 aromatic heterocycles. The SMILES string of the molecule is CN(C)C=Cc1cccc(Cl)c1. The molecule has 1 aromatic carbocycles. The number of halogens is 1. The van der Waals surface area contributed by atoms with Crippen LogP contribution in [0.15, 0.2) is 30.5 Å². The fourth-order valence-electron chi connectivity index (χ4n) is 0.845. The largest absolute Gasteiger partial charge is 0.383 e. The van der Waals surface area contributed by atoms with Crippen molar-refractivity contribution in [2.45, 2.75) is 0 Å². The first kappa shape index (κ1) is 9.14. The molecule has 1 rings (SSSR count). The summed E-state index contributed by atoms with van der Waals surface area (Å²) in [7, 11) is 3.97. The van der Waals surface area contributed by atoms with Crippen LogP contribution in [0.1, 0.15) is 5.56 Å². The first-order valence-corrected chi connectivity index (χ1v) is 4.16. The van der Waals surface area contributed by atoms with Gasteiger partial charge in [0.1, 0.15) is 0 Å². The second kappa shape index (κ2) is 4.17. The predicted octanol–water partition coefficient (Wildman–Crippen LogP) is 2.87. The topological polar surface area (TPSA) is 3.24 Å². The van der Waals surface area contributed by atoms with Gasteiger partial charge in [-0.3, -0.25) is 0 Å². The molecule has 0 aliphatic heterocycles. The van der Waals surface area contributed by atoms with Gasteiger partial charge in [0.25, 0.3) is 0 Å². The maximum absolute atomic E-state index is 5.81. The van der Waals surface area contributed by atoms with Crippen molar-refractivity contribution in [1.82, 2.24) is 4.90 Å². The molecule has 0 amide bonds. The molecule has 0 aliphatic rings. The van der Waals surface area contributed by atoms with Crippen LogP contribution in [0.3, 0.4) is 0 Å². The number of nitrogens with zero attached hydrogens (tertiary/aromatic N) is 1. The van der Waals surface area contributed by atoms with Gasteiger partial charge >= 0.3 is 0 Å². The summed E-state index contributed by atoms with van der Waals surface area (Å²) in [5, 5.41) is 0.774. The maximum atomic E-state index is 5.81. The fourth-order valence-corrected chi connectivity index (χ4v) is 1.04. The third-order valence-corrected chi connectivity index (χ3v) is 1.65. The number of benzene rings is 1. The zero-order valence-corrected chi connectivity index (χ0v) is 8.05. The molecule has 0 bridgehead atoms. The molecular weight excluding hydrogens is 170 g/mol. The lowest BCUT2D eigenvalue weighted by atomic mass is 10.2. The van der Waals surface area contributed by atoms with E-state index in [0.29, 0.717) is 0 Å². The summed E-state index contributed by atoms with van der Waals surface area (Å²) in [6, 6.07) is 7.76. The van der Waals surface area contributed by atoms with Crippen LogP contribution in [-0.4, -0.2) is 19.0 Å². The van der Waals surface area contributed by atoms with Crippen molar-refractivity contribution in [2.24, 2.45) is 0 Å². The molecule has 1 aromatic rings. The van der Waals surface area contributed by atoms with Gasteiger partial charge in [0.05, 0.1) is 0 Å². The Bertz CT molecular complexity index is 279. The van der Waals surface area contributed by atoms with Crippen LogP contribution in [0.4, 0.5) is 0 Å². The lowest BCUT2D eigenvalue weighted by Crippen LogP contribution is -1.99. The van der Waals surface area contributed by atoms with E-state index in [1.807, 2.05) is 55.5 Å². The van der Waals surface area contributed by atoms with Gasteiger partial charge in [-0.1, -0.05) is 23.7 Å². The van der Waals surface area contributed by atoms with Crippen LogP contribution in [0, 0.1) is 0 Å². The Hall–Kier alpha value is -0.950. The Morgan fingerprint density at radius 2 is 2.08 bits per heavy atom. The van der Waals surface area contributed by atoms with E-state index in [2.05, 4.69) is 0 Å². The van der Waals surface area contributed by atoms with Crippen molar-refractivity contribution in [3.8, 4) is 0 Å². The molecular formula is C10H12ClN. The monoisotopic (exact) mass is 181 g/mol. The summed E-state index contributed by atoms with van der Waals surface area (Å²) in [6.07, 6.45) is 4.01. The van der Waals surface area contributed by atoms with Crippen LogP contribution in [0.5, 0.6) is 0 Å². The van der Waals surface area contributed by atoms with E-state index in [0.717, 1.165) is 10.6 Å². The summed E-state index contributed by atoms with van der Waals surface area (Å²) >= 11 is 5.81. The summed E-state index contributed by atoms with van der Waals surface area (Å²) in [6.45, 7) is 0. The van der Waals surface area contributed by atoms with Crippen LogP contribution < -0.4 is 0 Å². The second-order valence-electron chi connectivity index (χ2n) is 2.83. The smallest absolute Gasteiger partial charge is 0.0411 e. The minimum atomic E-state index is 0.774. The van der Waals surface area contributed by atoms with Crippen LogP contribution in [-0.2, 0) is 0 Å². The molecule has 0 radical (unpaired) electrons. The molecule has 0 saturated carbocycles. The van der Waals surface area contributed by atoms with Gasteiger partial charge in [0, 0.05) is 19.1 Å². The highest BCUT2D eigenvalue weighted by atomic mass is 35.5. The Morgan fingerprint density at radius 1 is 1.33 bits per heavy atom. The third-order valence-electron chi connectivity index (χ3n) is 1.41. The molecule has 64 valence electrons. The van der Waals surface area contributed by atoms with E-state index < -0.39 is 0 Å². The predicted molar refractivity (Wildman–Crippen MR) is 54.2 cm³/mol. The van der Waals surface area contributed by atoms with Crippen molar-refractivity contribution in [3.63, 3.8) is 0 Å². The molecule has 0 atom stereocenters. The highest BCUT2D eigenvalue weighted by molar-refractivity contribution is 6.30. The average Bonchev–Trinajstić information content (AvgIpc) is 2.01. The summed E-state index contributed by atoms with van der Waals surface area (Å²) in [5.74, 6) is 0. The van der Waals surface area contributed by atoms with Gasteiger partial charge in [-0.05, 0) is 30.0 Å². The molecule has 0 heterocycles. The van der Waals surface area contributed by atoms with Gasteiger partial charge in [0.2, 0.25) is 0 Å². The van der Waals surface area contributed by atoms with Gasteiger partial charge in [-0.25, -0.2) is 0 Å². The standard InChI is InChI=1S/C10H12ClN/c1-12(2)7-6-9-4-3-5-10(11)8-9/h3-8H,1-2H3. The molecule has 0 fully saturated rings. The summed E-state index contributed by atoms with van der Waals surface area (Å²) in [4.78, 5) is 1.99. The molecule has 0 aliphatic carbocycles. The summed E-state index contributed by atoms with van der Waals surface area (Å²) < 4.78 is 0. The molecule has 2 heteroatoms. The Labute approximate surface area is 78.3 Å². The quantitative estimate of drug-likeness (QED) is 0.678. The Balaban J connectivity index is 2.76. The van der Waals surface area contributed by atoms with Crippen molar-refractivity contribution < 1.29 is 0 Å². The molecule has 0 N–H and O–H groups in total. The first-order valence-electron chi connectivity index (χ1n) is 3.78. The van der Waals surface area contributed by atoms with E-state index in [9.17, 15) is 0 Å². The van der Waals surface area contributed by atoms with E-state index in [4.69, 9.17) is 11.6 Å². The van der Waals surface area contributed by atoms with E-state index >= 15 is 0 Å². The number of hydrogen-bond acceptors (Lipinski definition) is 1. The molecule has 12 heavy (non-hydrogen) atoms. The second-order valence-corrected chi connectivity index (χ2v) is 3.27. The zero-order valence-electron chi connectivity index (χ0n) is 7.29. The lowest BCUT2D eigenvalue weighted by molar-refractivity contribution is 0.567. The normalized spacial score (nSPS) is 10.6. The maximum Gasteiger partial charge on any atom is 0.0411 e. The van der Waals surface area contributed by atoms with Crippen molar-refractivity contribution in [2.75, 3.05) is 14.1 Å². The summed E-state index contributed by atoms with van der Waals surface area (Å²) in [5.41, 5.74) is 1.12.